The quantitative estimate of drug-likeness (QED) is 0.806. The lowest BCUT2D eigenvalue weighted by Crippen LogP contribution is -2.14. The molecule has 1 aromatic heterocycles. The molecule has 1 heterocycles. The van der Waals surface area contributed by atoms with Crippen LogP contribution in [-0.2, 0) is 9.59 Å². The molecule has 0 saturated heterocycles. The molecule has 0 aliphatic carbocycles. The van der Waals surface area contributed by atoms with Crippen molar-refractivity contribution in [3.63, 3.8) is 0 Å². The summed E-state index contributed by atoms with van der Waals surface area (Å²) in [6, 6.07) is 7.28. The van der Waals surface area contributed by atoms with Crippen molar-refractivity contribution in [2.75, 3.05) is 5.32 Å². The molecule has 2 N–H and O–H groups in total. The minimum absolute atomic E-state index is 0.106. The number of ketones is 1. The van der Waals surface area contributed by atoms with E-state index in [1.807, 2.05) is 12.1 Å². The fourth-order valence-corrected chi connectivity index (χ4v) is 1.60. The molecule has 0 spiro atoms. The molecule has 1 aromatic carbocycles. The van der Waals surface area contributed by atoms with Gasteiger partial charge in [-0.25, -0.2) is 4.98 Å². The number of hydrogen-bond acceptors (Lipinski definition) is 3. The maximum atomic E-state index is 11.5. The summed E-state index contributed by atoms with van der Waals surface area (Å²) in [4.78, 5) is 29.4. The van der Waals surface area contributed by atoms with Crippen molar-refractivity contribution in [3.05, 3.63) is 36.7 Å². The molecule has 5 nitrogen and oxygen atoms in total. The highest BCUT2D eigenvalue weighted by molar-refractivity contribution is 6.03. The summed E-state index contributed by atoms with van der Waals surface area (Å²) in [5, 5.41) is 2.67. The molecule has 0 aliphatic heterocycles. The number of rotatable bonds is 4. The van der Waals surface area contributed by atoms with Crippen LogP contribution in [0.2, 0.25) is 0 Å². The van der Waals surface area contributed by atoms with E-state index in [0.29, 0.717) is 5.69 Å². The Labute approximate surface area is 104 Å². The molecule has 5 heteroatoms. The fraction of sp³-hybridized carbons (Fsp3) is 0.154. The molecule has 0 radical (unpaired) electrons. The minimum Gasteiger partial charge on any atom is -0.345 e. The highest BCUT2D eigenvalue weighted by Gasteiger charge is 2.06. The van der Waals surface area contributed by atoms with E-state index in [1.54, 1.807) is 24.5 Å². The third-order valence-corrected chi connectivity index (χ3v) is 2.33. The van der Waals surface area contributed by atoms with Crippen molar-refractivity contribution in [2.24, 2.45) is 0 Å². The van der Waals surface area contributed by atoms with E-state index < -0.39 is 0 Å². The van der Waals surface area contributed by atoms with E-state index in [4.69, 9.17) is 0 Å². The summed E-state index contributed by atoms with van der Waals surface area (Å²) in [5.74, 6) is 0.270. The lowest BCUT2D eigenvalue weighted by molar-refractivity contribution is -0.124. The number of Topliss-reactive ketones (excluding diaryl/α,β-unsaturated/α-hetero) is 1. The van der Waals surface area contributed by atoms with E-state index in [9.17, 15) is 9.59 Å². The number of carbonyl (C=O) groups excluding carboxylic acids is 2. The Kier molecular flexibility index (Phi) is 3.52. The molecule has 0 aliphatic rings. The molecule has 92 valence electrons. The van der Waals surface area contributed by atoms with Gasteiger partial charge in [0.2, 0.25) is 5.91 Å². The number of aromatic amines is 1. The molecule has 0 saturated carbocycles. The number of imidazole rings is 1. The molecular formula is C13H13N3O2. The number of nitrogens with one attached hydrogen (secondary N) is 2. The van der Waals surface area contributed by atoms with Crippen LogP contribution >= 0.6 is 0 Å². The number of hydrogen-bond donors (Lipinski definition) is 2. The summed E-state index contributed by atoms with van der Waals surface area (Å²) in [6.07, 6.45) is 3.29. The minimum atomic E-state index is -0.306. The Balaban J connectivity index is 2.13. The lowest BCUT2D eigenvalue weighted by Gasteiger charge is -2.05. The average Bonchev–Trinajstić information content (AvgIpc) is 2.81. The highest BCUT2D eigenvalue weighted by Crippen LogP contribution is 2.19. The van der Waals surface area contributed by atoms with Crippen molar-refractivity contribution in [2.45, 2.75) is 13.3 Å². The van der Waals surface area contributed by atoms with Crippen molar-refractivity contribution < 1.29 is 9.59 Å². The van der Waals surface area contributed by atoms with Gasteiger partial charge in [0.05, 0.1) is 6.42 Å². The zero-order chi connectivity index (χ0) is 13.0. The normalized spacial score (nSPS) is 10.1. The summed E-state index contributed by atoms with van der Waals surface area (Å²) >= 11 is 0. The van der Waals surface area contributed by atoms with Crippen LogP contribution in [0.3, 0.4) is 0 Å². The zero-order valence-electron chi connectivity index (χ0n) is 9.93. The number of aromatic nitrogens is 2. The maximum Gasteiger partial charge on any atom is 0.231 e. The first-order valence-corrected chi connectivity index (χ1v) is 5.54. The first-order chi connectivity index (χ1) is 8.65. The van der Waals surface area contributed by atoms with Gasteiger partial charge in [-0.3, -0.25) is 9.59 Å². The predicted octanol–water partition coefficient (Wildman–Crippen LogP) is 1.99. The van der Waals surface area contributed by atoms with Crippen LogP contribution in [0, 0.1) is 0 Å². The van der Waals surface area contributed by atoms with Crippen LogP contribution in [0.25, 0.3) is 11.4 Å². The molecule has 0 unspecified atom stereocenters. The van der Waals surface area contributed by atoms with Gasteiger partial charge in [-0.1, -0.05) is 12.1 Å². The van der Waals surface area contributed by atoms with Crippen LogP contribution in [0.1, 0.15) is 13.3 Å². The molecule has 0 fully saturated rings. The third-order valence-electron chi connectivity index (χ3n) is 2.33. The first kappa shape index (κ1) is 12.0. The van der Waals surface area contributed by atoms with Gasteiger partial charge in [0.25, 0.3) is 0 Å². The number of nitrogens with zero attached hydrogens (tertiary/aromatic N) is 1. The van der Waals surface area contributed by atoms with E-state index >= 15 is 0 Å². The van der Waals surface area contributed by atoms with Gasteiger partial charge >= 0.3 is 0 Å². The van der Waals surface area contributed by atoms with E-state index in [0.717, 1.165) is 11.4 Å². The SMILES string of the molecule is CC(=O)CC(=O)Nc1cccc(-c2ncc[nH]2)c1. The number of amides is 1. The zero-order valence-corrected chi connectivity index (χ0v) is 9.93. The summed E-state index contributed by atoms with van der Waals surface area (Å²) in [5.41, 5.74) is 1.52. The number of benzene rings is 1. The van der Waals surface area contributed by atoms with Crippen LogP contribution in [0.15, 0.2) is 36.7 Å². The molecule has 2 aromatic rings. The largest absolute Gasteiger partial charge is 0.345 e. The number of H-pyrrole nitrogens is 1. The predicted molar refractivity (Wildman–Crippen MR) is 68.0 cm³/mol. The van der Waals surface area contributed by atoms with Gasteiger partial charge in [-0.15, -0.1) is 0 Å². The van der Waals surface area contributed by atoms with Gasteiger partial charge in [0, 0.05) is 23.6 Å². The summed E-state index contributed by atoms with van der Waals surface area (Å²) in [6.45, 7) is 1.39. The number of carbonyl (C=O) groups is 2. The molecule has 2 rings (SSSR count). The molecular weight excluding hydrogens is 230 g/mol. The second-order valence-corrected chi connectivity index (χ2v) is 3.95. The van der Waals surface area contributed by atoms with Crippen LogP contribution in [0.5, 0.6) is 0 Å². The Morgan fingerprint density at radius 2 is 2.22 bits per heavy atom. The molecule has 1 amide bonds. The van der Waals surface area contributed by atoms with Gasteiger partial charge in [0.15, 0.2) is 0 Å². The number of anilines is 1. The lowest BCUT2D eigenvalue weighted by atomic mass is 10.2. The molecule has 18 heavy (non-hydrogen) atoms. The van der Waals surface area contributed by atoms with Crippen molar-refractivity contribution in [1.82, 2.24) is 9.97 Å². The summed E-state index contributed by atoms with van der Waals surface area (Å²) in [7, 11) is 0. The molecule has 0 bridgehead atoms. The second-order valence-electron chi connectivity index (χ2n) is 3.95. The van der Waals surface area contributed by atoms with Crippen molar-refractivity contribution in [1.29, 1.82) is 0 Å². The van der Waals surface area contributed by atoms with Gasteiger partial charge in [-0.2, -0.15) is 0 Å². The Hall–Kier alpha value is -2.43. The van der Waals surface area contributed by atoms with Crippen LogP contribution in [-0.4, -0.2) is 21.7 Å². The maximum absolute atomic E-state index is 11.5. The van der Waals surface area contributed by atoms with Crippen molar-refractivity contribution in [3.8, 4) is 11.4 Å². The molecule has 0 atom stereocenters. The van der Waals surface area contributed by atoms with E-state index in [-0.39, 0.29) is 18.1 Å². The average molecular weight is 243 g/mol. The summed E-state index contributed by atoms with van der Waals surface area (Å²) < 4.78 is 0. The third kappa shape index (κ3) is 3.04. The van der Waals surface area contributed by atoms with Gasteiger partial charge in [-0.05, 0) is 19.1 Å². The van der Waals surface area contributed by atoms with Crippen molar-refractivity contribution >= 4 is 17.4 Å². The second kappa shape index (κ2) is 5.27. The standard InChI is InChI=1S/C13H13N3O2/c1-9(17)7-12(18)16-11-4-2-3-10(8-11)13-14-5-6-15-13/h2-6,8H,7H2,1H3,(H,14,15)(H,16,18). The topological polar surface area (TPSA) is 74.8 Å². The van der Waals surface area contributed by atoms with Crippen LogP contribution < -0.4 is 5.32 Å². The fourth-order valence-electron chi connectivity index (χ4n) is 1.60. The van der Waals surface area contributed by atoms with Gasteiger partial charge < -0.3 is 10.3 Å². The highest BCUT2D eigenvalue weighted by atomic mass is 16.2. The first-order valence-electron chi connectivity index (χ1n) is 5.54. The Morgan fingerprint density at radius 1 is 1.39 bits per heavy atom. The Bertz CT molecular complexity index is 561. The monoisotopic (exact) mass is 243 g/mol. The van der Waals surface area contributed by atoms with Gasteiger partial charge in [0.1, 0.15) is 11.6 Å². The van der Waals surface area contributed by atoms with E-state index in [1.165, 1.54) is 6.92 Å². The van der Waals surface area contributed by atoms with E-state index in [2.05, 4.69) is 15.3 Å². The Morgan fingerprint density at radius 3 is 2.89 bits per heavy atom. The smallest absolute Gasteiger partial charge is 0.231 e. The van der Waals surface area contributed by atoms with Crippen LogP contribution in [0.4, 0.5) is 5.69 Å².